The van der Waals surface area contributed by atoms with Gasteiger partial charge in [0.1, 0.15) is 18.2 Å². The molecule has 1 saturated carbocycles. The van der Waals surface area contributed by atoms with Gasteiger partial charge in [-0.25, -0.2) is 15.8 Å². The van der Waals surface area contributed by atoms with E-state index in [9.17, 15) is 0 Å². The summed E-state index contributed by atoms with van der Waals surface area (Å²) >= 11 is 0. The standard InChI is InChI=1S/C12H21N5O/c1-8-4-9(8)6-17(2)12-5-10(16-13)14-11(15-12)7-18-3/h5,8-9H,4,6-7,13H2,1-3H3,(H,14,15,16). The Hall–Kier alpha value is -1.40. The van der Waals surface area contributed by atoms with Crippen molar-refractivity contribution in [3.05, 3.63) is 11.9 Å². The van der Waals surface area contributed by atoms with Gasteiger partial charge < -0.3 is 15.1 Å². The summed E-state index contributed by atoms with van der Waals surface area (Å²) in [5, 5.41) is 0. The van der Waals surface area contributed by atoms with Crippen LogP contribution in [0.5, 0.6) is 0 Å². The molecule has 2 atom stereocenters. The molecule has 0 radical (unpaired) electrons. The lowest BCUT2D eigenvalue weighted by molar-refractivity contribution is 0.178. The van der Waals surface area contributed by atoms with Crippen LogP contribution in [-0.4, -0.2) is 30.7 Å². The summed E-state index contributed by atoms with van der Waals surface area (Å²) in [7, 11) is 3.67. The molecule has 1 heterocycles. The highest BCUT2D eigenvalue weighted by Crippen LogP contribution is 2.38. The van der Waals surface area contributed by atoms with Crippen LogP contribution < -0.4 is 16.2 Å². The lowest BCUT2D eigenvalue weighted by atomic mass is 10.3. The summed E-state index contributed by atoms with van der Waals surface area (Å²) < 4.78 is 5.06. The first-order chi connectivity index (χ1) is 8.63. The van der Waals surface area contributed by atoms with Crippen molar-refractivity contribution in [3.8, 4) is 0 Å². The largest absolute Gasteiger partial charge is 0.377 e. The minimum atomic E-state index is 0.385. The maximum atomic E-state index is 5.42. The SMILES string of the molecule is COCc1nc(NN)cc(N(C)CC2CC2C)n1. The third kappa shape index (κ3) is 3.08. The quantitative estimate of drug-likeness (QED) is 0.580. The molecule has 0 saturated heterocycles. The summed E-state index contributed by atoms with van der Waals surface area (Å²) in [6, 6.07) is 1.85. The lowest BCUT2D eigenvalue weighted by Gasteiger charge is -2.19. The normalized spacial score (nSPS) is 21.8. The second kappa shape index (κ2) is 5.49. The first kappa shape index (κ1) is 13.0. The summed E-state index contributed by atoms with van der Waals surface area (Å²) in [6.45, 7) is 3.69. The maximum absolute atomic E-state index is 5.42. The van der Waals surface area contributed by atoms with Crippen LogP contribution in [0.25, 0.3) is 0 Å². The number of hydrazine groups is 1. The molecule has 1 fully saturated rings. The molecule has 100 valence electrons. The number of anilines is 2. The molecule has 3 N–H and O–H groups in total. The van der Waals surface area contributed by atoms with E-state index in [1.807, 2.05) is 13.1 Å². The number of nitrogen functional groups attached to an aromatic ring is 1. The second-order valence-corrected chi connectivity index (χ2v) is 4.96. The molecule has 0 amide bonds. The van der Waals surface area contributed by atoms with Crippen molar-refractivity contribution >= 4 is 11.6 Å². The van der Waals surface area contributed by atoms with E-state index in [0.717, 1.165) is 24.2 Å². The Balaban J connectivity index is 2.11. The monoisotopic (exact) mass is 251 g/mol. The van der Waals surface area contributed by atoms with Gasteiger partial charge in [-0.2, -0.15) is 0 Å². The van der Waals surface area contributed by atoms with Crippen LogP contribution in [0.15, 0.2) is 6.07 Å². The molecular formula is C12H21N5O. The first-order valence-corrected chi connectivity index (χ1v) is 6.18. The zero-order valence-electron chi connectivity index (χ0n) is 11.2. The van der Waals surface area contributed by atoms with Crippen LogP contribution in [-0.2, 0) is 11.3 Å². The van der Waals surface area contributed by atoms with Gasteiger partial charge >= 0.3 is 0 Å². The molecule has 2 rings (SSSR count). The van der Waals surface area contributed by atoms with Crippen molar-refractivity contribution in [2.75, 3.05) is 31.0 Å². The zero-order valence-corrected chi connectivity index (χ0v) is 11.2. The van der Waals surface area contributed by atoms with Gasteiger partial charge in [0.15, 0.2) is 5.82 Å². The molecule has 1 aromatic heterocycles. The highest BCUT2D eigenvalue weighted by atomic mass is 16.5. The molecule has 0 spiro atoms. The zero-order chi connectivity index (χ0) is 13.1. The Kier molecular flexibility index (Phi) is 3.98. The molecule has 1 aromatic rings. The molecule has 6 heteroatoms. The fraction of sp³-hybridized carbons (Fsp3) is 0.667. The smallest absolute Gasteiger partial charge is 0.158 e. The number of nitrogens with one attached hydrogen (secondary N) is 1. The fourth-order valence-corrected chi connectivity index (χ4v) is 2.04. The van der Waals surface area contributed by atoms with Crippen LogP contribution in [0.2, 0.25) is 0 Å². The molecule has 18 heavy (non-hydrogen) atoms. The summed E-state index contributed by atoms with van der Waals surface area (Å²) in [6.07, 6.45) is 1.31. The third-order valence-electron chi connectivity index (χ3n) is 3.36. The number of nitrogens with zero attached hydrogens (tertiary/aromatic N) is 3. The van der Waals surface area contributed by atoms with E-state index in [4.69, 9.17) is 10.6 Å². The minimum absolute atomic E-state index is 0.385. The van der Waals surface area contributed by atoms with Crippen molar-refractivity contribution < 1.29 is 4.74 Å². The number of nitrogens with two attached hydrogens (primary N) is 1. The Morgan fingerprint density at radius 3 is 2.83 bits per heavy atom. The van der Waals surface area contributed by atoms with Crippen LogP contribution in [0.3, 0.4) is 0 Å². The predicted octanol–water partition coefficient (Wildman–Crippen LogP) is 1.00. The van der Waals surface area contributed by atoms with Gasteiger partial charge in [0.05, 0.1) is 0 Å². The summed E-state index contributed by atoms with van der Waals surface area (Å²) in [5.41, 5.74) is 2.57. The maximum Gasteiger partial charge on any atom is 0.158 e. The van der Waals surface area contributed by atoms with Gasteiger partial charge in [-0.05, 0) is 18.3 Å². The van der Waals surface area contributed by atoms with Gasteiger partial charge in [0.25, 0.3) is 0 Å². The van der Waals surface area contributed by atoms with E-state index in [-0.39, 0.29) is 0 Å². The molecular weight excluding hydrogens is 230 g/mol. The molecule has 2 unspecified atom stereocenters. The average Bonchev–Trinajstić information content (AvgIpc) is 3.04. The number of methoxy groups -OCH3 is 1. The number of ether oxygens (including phenoxy) is 1. The second-order valence-electron chi connectivity index (χ2n) is 4.96. The van der Waals surface area contributed by atoms with E-state index < -0.39 is 0 Å². The van der Waals surface area contributed by atoms with Gasteiger partial charge in [-0.15, -0.1) is 0 Å². The van der Waals surface area contributed by atoms with Gasteiger partial charge in [-0.3, -0.25) is 0 Å². The van der Waals surface area contributed by atoms with Crippen LogP contribution in [0.1, 0.15) is 19.2 Å². The predicted molar refractivity (Wildman–Crippen MR) is 71.1 cm³/mol. The van der Waals surface area contributed by atoms with E-state index in [1.54, 1.807) is 7.11 Å². The number of hydrogen-bond acceptors (Lipinski definition) is 6. The van der Waals surface area contributed by atoms with E-state index in [0.29, 0.717) is 18.2 Å². The lowest BCUT2D eigenvalue weighted by Crippen LogP contribution is -2.23. The van der Waals surface area contributed by atoms with Crippen molar-refractivity contribution in [1.29, 1.82) is 0 Å². The first-order valence-electron chi connectivity index (χ1n) is 6.18. The summed E-state index contributed by atoms with van der Waals surface area (Å²) in [4.78, 5) is 10.9. The Morgan fingerprint density at radius 2 is 2.28 bits per heavy atom. The summed E-state index contributed by atoms with van der Waals surface area (Å²) in [5.74, 6) is 9.17. The molecule has 0 bridgehead atoms. The topological polar surface area (TPSA) is 76.3 Å². The Bertz CT molecular complexity index is 411. The van der Waals surface area contributed by atoms with E-state index >= 15 is 0 Å². The third-order valence-corrected chi connectivity index (χ3v) is 3.36. The minimum Gasteiger partial charge on any atom is -0.377 e. The molecule has 1 aliphatic rings. The highest BCUT2D eigenvalue weighted by molar-refractivity contribution is 5.48. The van der Waals surface area contributed by atoms with Crippen molar-refractivity contribution in [1.82, 2.24) is 9.97 Å². The van der Waals surface area contributed by atoms with Crippen LogP contribution >= 0.6 is 0 Å². The average molecular weight is 251 g/mol. The van der Waals surface area contributed by atoms with Crippen molar-refractivity contribution in [2.45, 2.75) is 20.0 Å². The number of hydrogen-bond donors (Lipinski definition) is 2. The van der Waals surface area contributed by atoms with Crippen LogP contribution in [0.4, 0.5) is 11.6 Å². The number of rotatable bonds is 6. The highest BCUT2D eigenvalue weighted by Gasteiger charge is 2.33. The van der Waals surface area contributed by atoms with E-state index in [1.165, 1.54) is 6.42 Å². The van der Waals surface area contributed by atoms with Crippen LogP contribution in [0, 0.1) is 11.8 Å². The molecule has 0 aliphatic heterocycles. The molecule has 1 aliphatic carbocycles. The fourth-order valence-electron chi connectivity index (χ4n) is 2.04. The van der Waals surface area contributed by atoms with Gasteiger partial charge in [0.2, 0.25) is 0 Å². The Labute approximate surface area is 108 Å². The van der Waals surface area contributed by atoms with Crippen molar-refractivity contribution in [2.24, 2.45) is 17.7 Å². The van der Waals surface area contributed by atoms with Gasteiger partial charge in [-0.1, -0.05) is 6.92 Å². The molecule has 0 aromatic carbocycles. The van der Waals surface area contributed by atoms with E-state index in [2.05, 4.69) is 27.2 Å². The van der Waals surface area contributed by atoms with Crippen molar-refractivity contribution in [3.63, 3.8) is 0 Å². The van der Waals surface area contributed by atoms with Gasteiger partial charge in [0, 0.05) is 26.8 Å². The number of aromatic nitrogens is 2. The Morgan fingerprint density at radius 1 is 1.56 bits per heavy atom. The molecule has 6 nitrogen and oxygen atoms in total.